The van der Waals surface area contributed by atoms with Gasteiger partial charge in [-0.2, -0.15) is 11.8 Å². The van der Waals surface area contributed by atoms with Crippen LogP contribution in [0.1, 0.15) is 92.4 Å². The lowest BCUT2D eigenvalue weighted by Gasteiger charge is -2.29. The Balaban J connectivity index is 6.36. The molecule has 58 heavy (non-hydrogen) atoms. The van der Waals surface area contributed by atoms with E-state index in [1.165, 1.54) is 18.7 Å². The van der Waals surface area contributed by atoms with Gasteiger partial charge in [0.25, 0.3) is 0 Å². The average molecular weight is 843 g/mol. The summed E-state index contributed by atoms with van der Waals surface area (Å²) in [4.78, 5) is 100. The summed E-state index contributed by atoms with van der Waals surface area (Å²) in [5, 5.41) is 16.1. The van der Waals surface area contributed by atoms with E-state index in [9.17, 15) is 33.6 Å². The normalized spacial score (nSPS) is 14.1. The lowest BCUT2D eigenvalue weighted by Crippen LogP contribution is -2.60. The molecule has 0 unspecified atom stereocenters. The molecule has 332 valence electrons. The highest BCUT2D eigenvalue weighted by Gasteiger charge is 2.34. The maximum atomic E-state index is 14.0. The van der Waals surface area contributed by atoms with Crippen LogP contribution in [0.4, 0.5) is 0 Å². The molecule has 0 aromatic rings. The highest BCUT2D eigenvalue weighted by Crippen LogP contribution is 2.11. The largest absolute Gasteiger partial charge is 0.370 e. The molecule has 0 bridgehead atoms. The number of aliphatic imine (C=N–C) groups is 2. The average Bonchev–Trinajstić information content (AvgIpc) is 3.12. The lowest BCUT2D eigenvalue weighted by molar-refractivity contribution is -0.136. The van der Waals surface area contributed by atoms with Gasteiger partial charge in [0.1, 0.15) is 36.3 Å². The van der Waals surface area contributed by atoms with E-state index in [4.69, 9.17) is 34.4 Å². The molecule has 0 heterocycles. The van der Waals surface area contributed by atoms with Gasteiger partial charge in [0.2, 0.25) is 41.4 Å². The first-order valence-electron chi connectivity index (χ1n) is 19.6. The number of thioether (sulfide) groups is 1. The van der Waals surface area contributed by atoms with Crippen LogP contribution in [0.3, 0.4) is 0 Å². The number of guanidine groups is 2. The zero-order chi connectivity index (χ0) is 44.4. The Morgan fingerprint density at radius 1 is 0.552 bits per heavy atom. The minimum atomic E-state index is -1.20. The Labute approximate surface area is 346 Å². The van der Waals surface area contributed by atoms with Crippen LogP contribution in [0, 0.1) is 11.8 Å². The highest BCUT2D eigenvalue weighted by molar-refractivity contribution is 7.98. The number of rotatable bonds is 30. The molecule has 0 fully saturated rings. The van der Waals surface area contributed by atoms with Gasteiger partial charge in [0.15, 0.2) is 11.9 Å². The summed E-state index contributed by atoms with van der Waals surface area (Å²) < 4.78 is 0. The molecule has 0 saturated carbocycles. The van der Waals surface area contributed by atoms with Crippen LogP contribution >= 0.6 is 11.8 Å². The fourth-order valence-corrected chi connectivity index (χ4v) is 6.11. The summed E-state index contributed by atoms with van der Waals surface area (Å²) in [6.45, 7) is 9.15. The second-order valence-electron chi connectivity index (χ2n) is 14.7. The third-order valence-corrected chi connectivity index (χ3v) is 9.30. The Morgan fingerprint density at radius 3 is 1.41 bits per heavy atom. The molecule has 0 aliphatic carbocycles. The zero-order valence-corrected chi connectivity index (χ0v) is 35.8. The zero-order valence-electron chi connectivity index (χ0n) is 34.9. The third kappa shape index (κ3) is 23.4. The number of carbonyl (C=O) groups excluding carboxylic acids is 7. The van der Waals surface area contributed by atoms with E-state index in [1.54, 1.807) is 13.8 Å². The minimum Gasteiger partial charge on any atom is -0.370 e. The van der Waals surface area contributed by atoms with E-state index in [-0.39, 0.29) is 63.0 Å². The van der Waals surface area contributed by atoms with Gasteiger partial charge in [-0.25, -0.2) is 0 Å². The molecule has 18 N–H and O–H groups in total. The molecule has 0 aliphatic rings. The Kier molecular flexibility index (Phi) is 26.9. The summed E-state index contributed by atoms with van der Waals surface area (Å²) in [5.41, 5.74) is 32.9. The van der Waals surface area contributed by atoms with E-state index >= 15 is 0 Å². The molecule has 0 spiro atoms. The number of unbranched alkanes of at least 4 members (excludes halogenated alkanes) is 1. The molecule has 0 aromatic carbocycles. The first-order valence-corrected chi connectivity index (χ1v) is 21.0. The summed E-state index contributed by atoms with van der Waals surface area (Å²) in [7, 11) is 0. The Morgan fingerprint density at radius 2 is 0.983 bits per heavy atom. The lowest BCUT2D eigenvalue weighted by atomic mass is 10.00. The number of nitrogens with one attached hydrogen (secondary N) is 6. The Bertz CT molecular complexity index is 1390. The number of hydrogen-bond donors (Lipinski definition) is 12. The first kappa shape index (κ1) is 53.1. The van der Waals surface area contributed by atoms with Crippen molar-refractivity contribution in [1.82, 2.24) is 31.9 Å². The summed E-state index contributed by atoms with van der Waals surface area (Å²) in [5.74, 6) is -4.69. The molecule has 0 rings (SSSR count). The SMILES string of the molecule is CSCC[C@H](NC(=O)[C@H](CC(C)C)NC(C)=O)C(=O)N[C@@H](CCCN=C(N)N)C(=O)N[C@H](C(=O)N[C@@H](CCCCN)C(=O)N[C@@H](CCCN=C(N)N)C(N)=O)C(C)C. The van der Waals surface area contributed by atoms with Crippen molar-refractivity contribution in [2.45, 2.75) is 129 Å². The van der Waals surface area contributed by atoms with E-state index in [0.29, 0.717) is 38.0 Å². The van der Waals surface area contributed by atoms with Crippen molar-refractivity contribution < 1.29 is 33.6 Å². The van der Waals surface area contributed by atoms with Gasteiger partial charge in [-0.3, -0.25) is 43.5 Å². The van der Waals surface area contributed by atoms with E-state index < -0.39 is 83.5 Å². The smallest absolute Gasteiger partial charge is 0.243 e. The number of amides is 7. The van der Waals surface area contributed by atoms with Crippen molar-refractivity contribution in [3.63, 3.8) is 0 Å². The predicted octanol–water partition coefficient (Wildman–Crippen LogP) is -2.91. The maximum Gasteiger partial charge on any atom is 0.243 e. The monoisotopic (exact) mass is 843 g/mol. The van der Waals surface area contributed by atoms with Crippen molar-refractivity contribution in [3.05, 3.63) is 0 Å². The number of nitrogens with two attached hydrogens (primary N) is 6. The molecule has 0 aliphatic heterocycles. The van der Waals surface area contributed by atoms with Crippen molar-refractivity contribution in [2.75, 3.05) is 31.6 Å². The topological polar surface area (TPSA) is 373 Å². The molecule has 22 heteroatoms. The van der Waals surface area contributed by atoms with Gasteiger partial charge in [-0.05, 0) is 88.2 Å². The number of nitrogens with zero attached hydrogens (tertiary/aromatic N) is 2. The molecular formula is C36H70N14O7S. The highest BCUT2D eigenvalue weighted by atomic mass is 32.2. The van der Waals surface area contributed by atoms with Crippen molar-refractivity contribution >= 4 is 65.0 Å². The molecule has 7 amide bonds. The molecule has 21 nitrogen and oxygen atoms in total. The van der Waals surface area contributed by atoms with Gasteiger partial charge >= 0.3 is 0 Å². The quantitative estimate of drug-likeness (QED) is 0.0196. The standard InChI is InChI=1S/C36H70N14O7S/c1-20(2)19-27(45-22(5)51)33(56)48-26(14-18-58-6)31(54)47-25(13-10-17-44-36(41)42)32(55)50-28(21(3)4)34(57)49-24(11-7-8-15-37)30(53)46-23(29(38)52)12-9-16-43-35(39)40/h20-21,23-28H,7-19,37H2,1-6H3,(H2,38,52)(H,45,51)(H,46,53)(H,47,54)(H,48,56)(H,49,57)(H,50,55)(H4,39,40,43)(H4,41,42,44)/t23-,24-,25-,26-,27-,28-/m0/s1. The van der Waals surface area contributed by atoms with Crippen LogP contribution in [0.25, 0.3) is 0 Å². The Hall–Kier alpha value is -4.86. The summed E-state index contributed by atoms with van der Waals surface area (Å²) in [6, 6.07) is -6.53. The summed E-state index contributed by atoms with van der Waals surface area (Å²) >= 11 is 1.45. The van der Waals surface area contributed by atoms with Gasteiger partial charge in [-0.15, -0.1) is 0 Å². The number of primary amides is 1. The molecule has 0 saturated heterocycles. The van der Waals surface area contributed by atoms with E-state index in [2.05, 4.69) is 41.9 Å². The first-order chi connectivity index (χ1) is 27.2. The van der Waals surface area contributed by atoms with E-state index in [1.807, 2.05) is 20.1 Å². The molecule has 0 aromatic heterocycles. The van der Waals surface area contributed by atoms with Crippen molar-refractivity contribution in [2.24, 2.45) is 56.2 Å². The number of hydrogen-bond acceptors (Lipinski definition) is 11. The van der Waals surface area contributed by atoms with Crippen LogP contribution in [-0.2, 0) is 33.6 Å². The number of carbonyl (C=O) groups is 7. The van der Waals surface area contributed by atoms with Crippen LogP contribution in [0.5, 0.6) is 0 Å². The summed E-state index contributed by atoms with van der Waals surface area (Å²) in [6.07, 6.45) is 4.34. The van der Waals surface area contributed by atoms with Gasteiger partial charge in [0, 0.05) is 20.0 Å². The fourth-order valence-electron chi connectivity index (χ4n) is 5.64. The van der Waals surface area contributed by atoms with Crippen LogP contribution < -0.4 is 66.3 Å². The van der Waals surface area contributed by atoms with Gasteiger partial charge < -0.3 is 66.3 Å². The van der Waals surface area contributed by atoms with Crippen molar-refractivity contribution in [3.8, 4) is 0 Å². The second-order valence-corrected chi connectivity index (χ2v) is 15.7. The van der Waals surface area contributed by atoms with Crippen LogP contribution in [0.2, 0.25) is 0 Å². The van der Waals surface area contributed by atoms with Crippen LogP contribution in [0.15, 0.2) is 9.98 Å². The van der Waals surface area contributed by atoms with Crippen molar-refractivity contribution in [1.29, 1.82) is 0 Å². The van der Waals surface area contributed by atoms with E-state index in [0.717, 1.165) is 0 Å². The minimum absolute atomic E-state index is 0.0493. The second kappa shape index (κ2) is 29.4. The van der Waals surface area contributed by atoms with Crippen LogP contribution in [-0.4, -0.2) is 121 Å². The van der Waals surface area contributed by atoms with Gasteiger partial charge in [-0.1, -0.05) is 27.7 Å². The third-order valence-electron chi connectivity index (χ3n) is 8.66. The molecular weight excluding hydrogens is 773 g/mol. The molecule has 6 atom stereocenters. The van der Waals surface area contributed by atoms with Gasteiger partial charge in [0.05, 0.1) is 0 Å². The predicted molar refractivity (Wildman–Crippen MR) is 226 cm³/mol. The molecule has 0 radical (unpaired) electrons. The fraction of sp³-hybridized carbons (Fsp3) is 0.750. The maximum absolute atomic E-state index is 14.0.